The van der Waals surface area contributed by atoms with Crippen LogP contribution in [0.25, 0.3) is 6.08 Å². The van der Waals surface area contributed by atoms with Crippen molar-refractivity contribution in [2.24, 2.45) is 5.92 Å². The van der Waals surface area contributed by atoms with Gasteiger partial charge in [-0.15, -0.1) is 0 Å². The molecule has 1 rings (SSSR count). The number of nitrogens with one attached hydrogen (secondary N) is 2. The Bertz CT molecular complexity index is 691. The van der Waals surface area contributed by atoms with Crippen LogP contribution in [0.3, 0.4) is 0 Å². The van der Waals surface area contributed by atoms with Gasteiger partial charge >= 0.3 is 6.09 Å². The maximum Gasteiger partial charge on any atom is 0.407 e. The highest BCUT2D eigenvalue weighted by molar-refractivity contribution is 5.92. The molecule has 2 amide bonds. The fraction of sp³-hybridized carbons (Fsp3) is 0.500. The fourth-order valence-electron chi connectivity index (χ4n) is 2.11. The molecule has 0 saturated heterocycles. The van der Waals surface area contributed by atoms with Crippen molar-refractivity contribution in [3.63, 3.8) is 0 Å². The van der Waals surface area contributed by atoms with E-state index in [1.165, 1.54) is 6.07 Å². The number of carbonyl (C=O) groups is 2. The topological polar surface area (TPSA) is 67.4 Å². The molecule has 27 heavy (non-hydrogen) atoms. The monoisotopic (exact) mass is 382 g/mol. The van der Waals surface area contributed by atoms with E-state index in [1.54, 1.807) is 27.7 Å². The molecule has 0 heterocycles. The van der Waals surface area contributed by atoms with Gasteiger partial charge < -0.3 is 15.4 Å². The number of rotatable bonds is 6. The number of halogens is 2. The lowest BCUT2D eigenvalue weighted by Gasteiger charge is -2.35. The van der Waals surface area contributed by atoms with E-state index in [0.29, 0.717) is 0 Å². The summed E-state index contributed by atoms with van der Waals surface area (Å²) in [6.07, 6.45) is 1.56. The molecule has 0 radical (unpaired) electrons. The minimum Gasteiger partial charge on any atom is -0.444 e. The van der Waals surface area contributed by atoms with Gasteiger partial charge in [0.15, 0.2) is 0 Å². The molecule has 1 atom stereocenters. The summed E-state index contributed by atoms with van der Waals surface area (Å²) in [5.74, 6) is -2.07. The Kier molecular flexibility index (Phi) is 7.51. The summed E-state index contributed by atoms with van der Waals surface area (Å²) in [4.78, 5) is 24.1. The Labute approximate surface area is 159 Å². The van der Waals surface area contributed by atoms with Gasteiger partial charge in [-0.2, -0.15) is 0 Å². The van der Waals surface area contributed by atoms with E-state index in [4.69, 9.17) is 4.74 Å². The molecule has 1 aromatic rings. The van der Waals surface area contributed by atoms with Crippen molar-refractivity contribution in [3.05, 3.63) is 41.5 Å². The average Bonchev–Trinajstić information content (AvgIpc) is 2.50. The third-order valence-electron chi connectivity index (χ3n) is 4.08. The lowest BCUT2D eigenvalue weighted by Crippen LogP contribution is -2.56. The average molecular weight is 382 g/mol. The van der Waals surface area contributed by atoms with E-state index in [0.717, 1.165) is 24.3 Å². The molecule has 0 saturated carbocycles. The van der Waals surface area contributed by atoms with Crippen molar-refractivity contribution < 1.29 is 23.1 Å². The van der Waals surface area contributed by atoms with Crippen LogP contribution in [0.4, 0.5) is 13.6 Å². The number of hydrogen-bond acceptors (Lipinski definition) is 3. The van der Waals surface area contributed by atoms with Crippen LogP contribution >= 0.6 is 0 Å². The molecule has 5 nitrogen and oxygen atoms in total. The summed E-state index contributed by atoms with van der Waals surface area (Å²) in [7, 11) is 0. The first-order chi connectivity index (χ1) is 12.3. The molecular formula is C20H28F2N2O3. The summed E-state index contributed by atoms with van der Waals surface area (Å²) >= 11 is 0. The van der Waals surface area contributed by atoms with Crippen LogP contribution < -0.4 is 10.6 Å². The zero-order valence-electron chi connectivity index (χ0n) is 16.7. The summed E-state index contributed by atoms with van der Waals surface area (Å²) in [5, 5.41) is 5.42. The molecule has 0 aliphatic heterocycles. The predicted molar refractivity (Wildman–Crippen MR) is 101 cm³/mol. The van der Waals surface area contributed by atoms with Crippen molar-refractivity contribution in [2.75, 3.05) is 6.54 Å². The number of alkyl carbamates (subject to hydrolysis) is 1. The third-order valence-corrected chi connectivity index (χ3v) is 4.08. The second-order valence-electron chi connectivity index (χ2n) is 7.89. The number of ether oxygens (including phenoxy) is 1. The molecule has 7 heteroatoms. The van der Waals surface area contributed by atoms with Crippen molar-refractivity contribution in [2.45, 2.75) is 52.7 Å². The lowest BCUT2D eigenvalue weighted by atomic mass is 9.88. The number of amides is 2. The normalized spacial score (nSPS) is 14.1. The van der Waals surface area contributed by atoms with Gasteiger partial charge in [-0.1, -0.05) is 19.9 Å². The standard InChI is InChI=1S/C20H28F2N2O3/c1-13(2)20(6,12-23-18(26)27-19(3,4)5)24-17(25)11-10-14-15(21)8-7-9-16(14)22/h7-11,13H,12H2,1-6H3,(H,23,26)(H,24,25). The van der Waals surface area contributed by atoms with Gasteiger partial charge in [0.1, 0.15) is 17.2 Å². The molecule has 0 fully saturated rings. The third kappa shape index (κ3) is 7.37. The largest absolute Gasteiger partial charge is 0.444 e. The molecule has 1 aromatic carbocycles. The summed E-state index contributed by atoms with van der Waals surface area (Å²) in [6.45, 7) is 10.9. The molecular weight excluding hydrogens is 354 g/mol. The minimum absolute atomic E-state index is 0.0324. The predicted octanol–water partition coefficient (Wildman–Crippen LogP) is 4.03. The van der Waals surface area contributed by atoms with Crippen molar-refractivity contribution in [3.8, 4) is 0 Å². The number of carbonyl (C=O) groups excluding carboxylic acids is 2. The highest BCUT2D eigenvalue weighted by atomic mass is 19.1. The highest BCUT2D eigenvalue weighted by Crippen LogP contribution is 2.17. The van der Waals surface area contributed by atoms with Crippen LogP contribution in [0.2, 0.25) is 0 Å². The van der Waals surface area contributed by atoms with Crippen LogP contribution in [0.5, 0.6) is 0 Å². The van der Waals surface area contributed by atoms with Gasteiger partial charge in [0.05, 0.1) is 5.54 Å². The molecule has 1 unspecified atom stereocenters. The van der Waals surface area contributed by atoms with Crippen molar-refractivity contribution in [1.82, 2.24) is 10.6 Å². The maximum absolute atomic E-state index is 13.6. The van der Waals surface area contributed by atoms with Crippen LogP contribution in [-0.4, -0.2) is 29.7 Å². The van der Waals surface area contributed by atoms with Crippen LogP contribution in [-0.2, 0) is 9.53 Å². The van der Waals surface area contributed by atoms with Crippen molar-refractivity contribution in [1.29, 1.82) is 0 Å². The van der Waals surface area contributed by atoms with Gasteiger partial charge in [0.25, 0.3) is 0 Å². The fourth-order valence-corrected chi connectivity index (χ4v) is 2.11. The highest BCUT2D eigenvalue weighted by Gasteiger charge is 2.31. The first-order valence-corrected chi connectivity index (χ1v) is 8.75. The number of benzene rings is 1. The molecule has 2 N–H and O–H groups in total. The van der Waals surface area contributed by atoms with Gasteiger partial charge in [0, 0.05) is 18.2 Å². The second-order valence-corrected chi connectivity index (χ2v) is 7.89. The Hall–Kier alpha value is -2.44. The Morgan fingerprint density at radius 3 is 2.19 bits per heavy atom. The quantitative estimate of drug-likeness (QED) is 0.730. The Balaban J connectivity index is 2.79. The van der Waals surface area contributed by atoms with E-state index >= 15 is 0 Å². The van der Waals surface area contributed by atoms with Gasteiger partial charge in [-0.25, -0.2) is 13.6 Å². The smallest absolute Gasteiger partial charge is 0.407 e. The molecule has 150 valence electrons. The molecule has 0 bridgehead atoms. The first-order valence-electron chi connectivity index (χ1n) is 8.75. The van der Waals surface area contributed by atoms with E-state index in [9.17, 15) is 18.4 Å². The lowest BCUT2D eigenvalue weighted by molar-refractivity contribution is -0.118. The SMILES string of the molecule is CC(C)C(C)(CNC(=O)OC(C)(C)C)NC(=O)C=Cc1c(F)cccc1F. The van der Waals surface area contributed by atoms with E-state index in [2.05, 4.69) is 10.6 Å². The van der Waals surface area contributed by atoms with Gasteiger partial charge in [-0.3, -0.25) is 4.79 Å². The first kappa shape index (κ1) is 22.6. The molecule has 0 aliphatic rings. The van der Waals surface area contributed by atoms with E-state index in [1.807, 2.05) is 13.8 Å². The van der Waals surface area contributed by atoms with E-state index in [-0.39, 0.29) is 18.0 Å². The Morgan fingerprint density at radius 1 is 1.15 bits per heavy atom. The molecule has 0 aliphatic carbocycles. The van der Waals surface area contributed by atoms with Crippen LogP contribution in [0.1, 0.15) is 47.1 Å². The summed E-state index contributed by atoms with van der Waals surface area (Å²) in [6, 6.07) is 3.48. The Morgan fingerprint density at radius 2 is 1.70 bits per heavy atom. The number of hydrogen-bond donors (Lipinski definition) is 2. The van der Waals surface area contributed by atoms with Crippen LogP contribution in [0, 0.1) is 17.6 Å². The second kappa shape index (κ2) is 8.97. The maximum atomic E-state index is 13.6. The van der Waals surface area contributed by atoms with Gasteiger partial charge in [-0.05, 0) is 51.8 Å². The minimum atomic E-state index is -0.786. The zero-order chi connectivity index (χ0) is 20.8. The van der Waals surface area contributed by atoms with Gasteiger partial charge in [0.2, 0.25) is 5.91 Å². The van der Waals surface area contributed by atoms with E-state index < -0.39 is 34.8 Å². The summed E-state index contributed by atoms with van der Waals surface area (Å²) < 4.78 is 32.4. The summed E-state index contributed by atoms with van der Waals surface area (Å²) in [5.41, 5.74) is -1.70. The molecule has 0 aromatic heterocycles. The van der Waals surface area contributed by atoms with Crippen LogP contribution in [0.15, 0.2) is 24.3 Å². The molecule has 0 spiro atoms. The van der Waals surface area contributed by atoms with Crippen molar-refractivity contribution >= 4 is 18.1 Å². The zero-order valence-corrected chi connectivity index (χ0v) is 16.7.